The molecular formula is C22H31N3O6. The molecule has 0 saturated carbocycles. The van der Waals surface area contributed by atoms with E-state index in [4.69, 9.17) is 14.2 Å². The number of likely N-dealkylation sites (N-methyl/N-ethyl adjacent to an activating group) is 1. The maximum atomic E-state index is 12.1. The smallest absolute Gasteiger partial charge is 0.236 e. The van der Waals surface area contributed by atoms with Crippen LogP contribution in [0.25, 0.3) is 0 Å². The molecule has 3 aliphatic heterocycles. The minimum absolute atomic E-state index is 0.162. The largest absolute Gasteiger partial charge is 0.508 e. The summed E-state index contributed by atoms with van der Waals surface area (Å²) in [7, 11) is 1.56. The van der Waals surface area contributed by atoms with E-state index in [0.29, 0.717) is 38.3 Å². The Morgan fingerprint density at radius 3 is 2.94 bits per heavy atom. The minimum Gasteiger partial charge on any atom is -0.508 e. The van der Waals surface area contributed by atoms with Crippen LogP contribution >= 0.6 is 0 Å². The summed E-state index contributed by atoms with van der Waals surface area (Å²) >= 11 is 0. The molecule has 170 valence electrons. The van der Waals surface area contributed by atoms with Crippen molar-refractivity contribution in [2.45, 2.75) is 56.6 Å². The van der Waals surface area contributed by atoms with Crippen molar-refractivity contribution in [3.05, 3.63) is 23.3 Å². The van der Waals surface area contributed by atoms with Crippen LogP contribution < -0.4 is 15.4 Å². The van der Waals surface area contributed by atoms with Gasteiger partial charge in [-0.2, -0.15) is 0 Å². The van der Waals surface area contributed by atoms with Crippen LogP contribution in [0.5, 0.6) is 11.5 Å². The maximum absolute atomic E-state index is 12.1. The maximum Gasteiger partial charge on any atom is 0.236 e. The van der Waals surface area contributed by atoms with E-state index in [9.17, 15) is 14.7 Å². The lowest BCUT2D eigenvalue weighted by Gasteiger charge is -2.42. The van der Waals surface area contributed by atoms with Gasteiger partial charge in [0.25, 0.3) is 0 Å². The Morgan fingerprint density at radius 2 is 2.19 bits per heavy atom. The predicted octanol–water partition coefficient (Wildman–Crippen LogP) is 0.675. The van der Waals surface area contributed by atoms with Gasteiger partial charge in [-0.05, 0) is 18.6 Å². The van der Waals surface area contributed by atoms with Crippen LogP contribution in [-0.4, -0.2) is 73.5 Å². The second-order valence-electron chi connectivity index (χ2n) is 8.38. The first-order valence-electron chi connectivity index (χ1n) is 10.9. The molecule has 1 aromatic rings. The number of aldehydes is 1. The van der Waals surface area contributed by atoms with Crippen molar-refractivity contribution in [2.24, 2.45) is 0 Å². The molecule has 2 unspecified atom stereocenters. The van der Waals surface area contributed by atoms with E-state index in [-0.39, 0.29) is 30.7 Å². The highest BCUT2D eigenvalue weighted by atomic mass is 16.7. The van der Waals surface area contributed by atoms with E-state index in [1.807, 2.05) is 6.07 Å². The van der Waals surface area contributed by atoms with Gasteiger partial charge < -0.3 is 34.7 Å². The lowest BCUT2D eigenvalue weighted by Crippen LogP contribution is -2.52. The number of nitrogens with zero attached hydrogens (tertiary/aromatic N) is 1. The molecule has 2 fully saturated rings. The van der Waals surface area contributed by atoms with Gasteiger partial charge in [-0.15, -0.1) is 0 Å². The number of nitrogens with one attached hydrogen (secondary N) is 2. The van der Waals surface area contributed by atoms with Crippen molar-refractivity contribution in [3.63, 3.8) is 0 Å². The summed E-state index contributed by atoms with van der Waals surface area (Å²) in [4.78, 5) is 25.1. The number of benzene rings is 1. The molecule has 9 heteroatoms. The summed E-state index contributed by atoms with van der Waals surface area (Å²) in [5, 5.41) is 16.3. The molecule has 2 atom stereocenters. The van der Waals surface area contributed by atoms with Crippen LogP contribution in [0, 0.1) is 0 Å². The number of ether oxygens (including phenoxy) is 3. The second kappa shape index (κ2) is 9.52. The molecule has 0 aromatic heterocycles. The van der Waals surface area contributed by atoms with Crippen LogP contribution in [0.15, 0.2) is 12.1 Å². The lowest BCUT2D eigenvalue weighted by molar-refractivity contribution is -0.199. The number of carbonyl (C=O) groups is 2. The first kappa shape index (κ1) is 22.0. The Balaban J connectivity index is 1.44. The van der Waals surface area contributed by atoms with Gasteiger partial charge in [0.2, 0.25) is 5.91 Å². The number of piperidine rings is 1. The zero-order chi connectivity index (χ0) is 21.8. The molecule has 1 spiro atoms. The van der Waals surface area contributed by atoms with Gasteiger partial charge >= 0.3 is 0 Å². The Labute approximate surface area is 182 Å². The van der Waals surface area contributed by atoms with Crippen molar-refractivity contribution in [2.75, 3.05) is 33.4 Å². The Morgan fingerprint density at radius 1 is 1.39 bits per heavy atom. The number of amides is 1. The predicted molar refractivity (Wildman–Crippen MR) is 112 cm³/mol. The van der Waals surface area contributed by atoms with Gasteiger partial charge in [0.1, 0.15) is 24.4 Å². The highest BCUT2D eigenvalue weighted by Gasteiger charge is 2.45. The van der Waals surface area contributed by atoms with E-state index in [1.165, 1.54) is 0 Å². The lowest BCUT2D eigenvalue weighted by atomic mass is 9.96. The normalized spacial score (nSPS) is 23.3. The molecule has 3 aliphatic rings. The zero-order valence-electron chi connectivity index (χ0n) is 17.9. The molecule has 3 N–H and O–H groups in total. The minimum atomic E-state index is -0.508. The molecule has 4 rings (SSSR count). The van der Waals surface area contributed by atoms with Gasteiger partial charge in [0, 0.05) is 63.1 Å². The summed E-state index contributed by atoms with van der Waals surface area (Å²) in [5.74, 6) is 0.245. The third kappa shape index (κ3) is 4.85. The summed E-state index contributed by atoms with van der Waals surface area (Å²) in [5.41, 5.74) is 1.59. The molecular weight excluding hydrogens is 402 g/mol. The molecule has 0 radical (unpaired) electrons. The molecule has 1 amide bonds. The second-order valence-corrected chi connectivity index (χ2v) is 8.38. The number of carbonyl (C=O) groups excluding carboxylic acids is 2. The van der Waals surface area contributed by atoms with Gasteiger partial charge in [0.15, 0.2) is 5.79 Å². The van der Waals surface area contributed by atoms with Crippen LogP contribution in [0.3, 0.4) is 0 Å². The first-order chi connectivity index (χ1) is 15.0. The topological polar surface area (TPSA) is 109 Å². The number of rotatable bonds is 7. The summed E-state index contributed by atoms with van der Waals surface area (Å²) in [6, 6.07) is 3.27. The monoisotopic (exact) mass is 433 g/mol. The average Bonchev–Trinajstić information content (AvgIpc) is 3.15. The highest BCUT2D eigenvalue weighted by Crippen LogP contribution is 2.39. The summed E-state index contributed by atoms with van der Waals surface area (Å²) in [6.07, 6.45) is 3.08. The first-order valence-corrected chi connectivity index (χ1v) is 10.9. The number of aromatic hydroxyl groups is 1. The Bertz CT molecular complexity index is 811. The van der Waals surface area contributed by atoms with Crippen molar-refractivity contribution < 1.29 is 28.9 Å². The number of hydrogen-bond donors (Lipinski definition) is 3. The van der Waals surface area contributed by atoms with Crippen molar-refractivity contribution in [1.82, 2.24) is 15.5 Å². The fourth-order valence-corrected chi connectivity index (χ4v) is 4.64. The standard InChI is InChI=1S/C22H31N3O6/c1-23-21(28)18(3-2-6-26)24-12-15-10-20-16(9-19(15)27)13-25-5-4-22(30-7-8-31-22)11-17(25)14-29-20/h6,9-10,17-18,24,27H,2-5,7-8,11-14H2,1H3,(H,23,28). The third-order valence-electron chi connectivity index (χ3n) is 6.40. The molecule has 0 aliphatic carbocycles. The summed E-state index contributed by atoms with van der Waals surface area (Å²) < 4.78 is 17.9. The van der Waals surface area contributed by atoms with Gasteiger partial charge in [-0.1, -0.05) is 0 Å². The Hall–Kier alpha value is -2.20. The number of hydrogen-bond acceptors (Lipinski definition) is 8. The number of phenolic OH excluding ortho intramolecular Hbond substituents is 1. The molecule has 2 saturated heterocycles. The highest BCUT2D eigenvalue weighted by molar-refractivity contribution is 5.81. The van der Waals surface area contributed by atoms with Crippen molar-refractivity contribution in [1.29, 1.82) is 0 Å². The van der Waals surface area contributed by atoms with Gasteiger partial charge in [-0.3, -0.25) is 9.69 Å². The summed E-state index contributed by atoms with van der Waals surface area (Å²) in [6.45, 7) is 3.64. The molecule has 0 bridgehead atoms. The van der Waals surface area contributed by atoms with Crippen LogP contribution in [0.4, 0.5) is 0 Å². The van der Waals surface area contributed by atoms with Crippen LogP contribution in [-0.2, 0) is 32.2 Å². The number of fused-ring (bicyclic) bond motifs is 2. The number of phenols is 1. The molecule has 3 heterocycles. The molecule has 31 heavy (non-hydrogen) atoms. The van der Waals surface area contributed by atoms with E-state index in [0.717, 1.165) is 37.0 Å². The van der Waals surface area contributed by atoms with Gasteiger partial charge in [-0.25, -0.2) is 0 Å². The van der Waals surface area contributed by atoms with Crippen molar-refractivity contribution >= 4 is 12.2 Å². The SMILES string of the molecule is CNC(=O)C(CCC=O)NCc1cc2c(cc1O)CN1CCC3(CC1CO2)OCCO3. The van der Waals surface area contributed by atoms with E-state index in [1.54, 1.807) is 13.1 Å². The average molecular weight is 434 g/mol. The van der Waals surface area contributed by atoms with Crippen LogP contribution in [0.2, 0.25) is 0 Å². The van der Waals surface area contributed by atoms with Gasteiger partial charge in [0.05, 0.1) is 19.3 Å². The third-order valence-corrected chi connectivity index (χ3v) is 6.40. The van der Waals surface area contributed by atoms with Crippen LogP contribution in [0.1, 0.15) is 36.8 Å². The van der Waals surface area contributed by atoms with E-state index in [2.05, 4.69) is 15.5 Å². The fraction of sp³-hybridized carbons (Fsp3) is 0.636. The quantitative estimate of drug-likeness (QED) is 0.539. The van der Waals surface area contributed by atoms with E-state index >= 15 is 0 Å². The van der Waals surface area contributed by atoms with Crippen molar-refractivity contribution in [3.8, 4) is 11.5 Å². The fourth-order valence-electron chi connectivity index (χ4n) is 4.64. The zero-order valence-corrected chi connectivity index (χ0v) is 17.9. The molecule has 1 aromatic carbocycles. The Kier molecular flexibility index (Phi) is 6.76. The molecule has 9 nitrogen and oxygen atoms in total. The van der Waals surface area contributed by atoms with E-state index < -0.39 is 11.8 Å².